The molecule has 1 aliphatic heterocycles. The minimum absolute atomic E-state index is 1.16. The summed E-state index contributed by atoms with van der Waals surface area (Å²) in [6.45, 7) is 0. The van der Waals surface area contributed by atoms with Crippen molar-refractivity contribution < 1.29 is 0 Å². The average Bonchev–Trinajstić information content (AvgIpc) is 3.90. The Hall–Kier alpha value is -8.17. The van der Waals surface area contributed by atoms with E-state index in [0.29, 0.717) is 0 Å². The average molecular weight is 877 g/mol. The van der Waals surface area contributed by atoms with Gasteiger partial charge in [-0.3, -0.25) is 0 Å². The van der Waals surface area contributed by atoms with Gasteiger partial charge in [-0.15, -0.1) is 0 Å². The molecule has 66 heavy (non-hydrogen) atoms. The minimum atomic E-state index is -3.25. The number of fused-ring (bicyclic) bond motifs is 6. The number of anilines is 2. The topological polar surface area (TPSA) is 16.3 Å². The SMILES string of the molecule is c1ccc(-n2c3ccccc3c3cc(N4[Si](c5ccccc5)(c5ccccc5)N(c5ccc6c(c5)c5ccccc5n6-c5ccccc5)[Si]4(c4ccccc4)c4ccccc4)ccc32)cc1. The lowest BCUT2D eigenvalue weighted by atomic mass is 10.1. The highest BCUT2D eigenvalue weighted by molar-refractivity contribution is 7.38. The van der Waals surface area contributed by atoms with Crippen LogP contribution in [0.2, 0.25) is 0 Å². The zero-order valence-corrected chi connectivity index (χ0v) is 38.2. The summed E-state index contributed by atoms with van der Waals surface area (Å²) >= 11 is 0. The molecule has 12 aromatic rings. The summed E-state index contributed by atoms with van der Waals surface area (Å²) in [7, 11) is -6.49. The Kier molecular flexibility index (Phi) is 8.84. The maximum Gasteiger partial charge on any atom is 0.318 e. The molecule has 4 nitrogen and oxygen atoms in total. The second kappa shape index (κ2) is 15.2. The van der Waals surface area contributed by atoms with Gasteiger partial charge in [0.15, 0.2) is 0 Å². The Labute approximate surface area is 386 Å². The summed E-state index contributed by atoms with van der Waals surface area (Å²) in [4.78, 5) is 0. The van der Waals surface area contributed by atoms with Crippen LogP contribution in [0.15, 0.2) is 267 Å². The zero-order chi connectivity index (χ0) is 43.7. The van der Waals surface area contributed by atoms with Gasteiger partial charge in [-0.05, 0) is 93.5 Å². The van der Waals surface area contributed by atoms with Crippen LogP contribution >= 0.6 is 0 Å². The van der Waals surface area contributed by atoms with Crippen LogP contribution in [-0.2, 0) is 0 Å². The van der Waals surface area contributed by atoms with Crippen LogP contribution < -0.4 is 29.2 Å². The van der Waals surface area contributed by atoms with E-state index in [1.807, 2.05) is 0 Å². The molecule has 1 aliphatic rings. The molecule has 0 aliphatic carbocycles. The maximum absolute atomic E-state index is 3.25. The summed E-state index contributed by atoms with van der Waals surface area (Å²) in [5.41, 5.74) is 9.58. The predicted octanol–water partition coefficient (Wildman–Crippen LogP) is 11.7. The number of nitrogens with zero attached hydrogens (tertiary/aromatic N) is 4. The third-order valence-electron chi connectivity index (χ3n) is 13.9. The Balaban J connectivity index is 1.18. The lowest BCUT2D eigenvalue weighted by Gasteiger charge is -2.73. The van der Waals surface area contributed by atoms with Crippen LogP contribution in [-0.4, -0.2) is 25.9 Å². The van der Waals surface area contributed by atoms with Gasteiger partial charge in [-0.25, -0.2) is 0 Å². The minimum Gasteiger partial charge on any atom is -0.378 e. The molecular formula is C60H44N4Si2. The normalized spacial score (nSPS) is 14.2. The third-order valence-corrected chi connectivity index (χ3v) is 25.9. The highest BCUT2D eigenvalue weighted by atomic mass is 28.5. The van der Waals surface area contributed by atoms with Crippen molar-refractivity contribution in [1.82, 2.24) is 9.13 Å². The summed E-state index contributed by atoms with van der Waals surface area (Å²) in [5.74, 6) is 0. The first-order valence-corrected chi connectivity index (χ1v) is 26.6. The Morgan fingerprint density at radius 2 is 0.485 bits per heavy atom. The largest absolute Gasteiger partial charge is 0.378 e. The summed E-state index contributed by atoms with van der Waals surface area (Å²) in [6, 6.07) is 99.8. The van der Waals surface area contributed by atoms with Gasteiger partial charge >= 0.3 is 16.8 Å². The lowest BCUT2D eigenvalue weighted by molar-refractivity contribution is 1.17. The molecule has 0 amide bonds. The molecule has 1 saturated heterocycles. The van der Waals surface area contributed by atoms with E-state index in [2.05, 4.69) is 285 Å². The van der Waals surface area contributed by atoms with Crippen molar-refractivity contribution in [2.45, 2.75) is 0 Å². The van der Waals surface area contributed by atoms with E-state index >= 15 is 0 Å². The van der Waals surface area contributed by atoms with Gasteiger partial charge < -0.3 is 17.6 Å². The number of hydrogen-bond acceptors (Lipinski definition) is 2. The molecule has 2 aromatic heterocycles. The number of hydrogen-bond donors (Lipinski definition) is 0. The molecule has 0 N–H and O–H groups in total. The van der Waals surface area contributed by atoms with Gasteiger partial charge in [0.25, 0.3) is 0 Å². The van der Waals surface area contributed by atoms with Gasteiger partial charge in [-0.1, -0.05) is 194 Å². The van der Waals surface area contributed by atoms with Gasteiger partial charge in [0, 0.05) is 44.3 Å². The second-order valence-electron chi connectivity index (χ2n) is 17.3. The molecule has 312 valence electrons. The van der Waals surface area contributed by atoms with Crippen molar-refractivity contribution in [3.05, 3.63) is 267 Å². The molecule has 1 fully saturated rings. The summed E-state index contributed by atoms with van der Waals surface area (Å²) in [6.07, 6.45) is 0. The van der Waals surface area contributed by atoms with E-state index < -0.39 is 16.8 Å². The smallest absolute Gasteiger partial charge is 0.318 e. The number of para-hydroxylation sites is 4. The summed E-state index contributed by atoms with van der Waals surface area (Å²) < 4.78 is 10.9. The van der Waals surface area contributed by atoms with Crippen LogP contribution in [0.4, 0.5) is 11.4 Å². The Morgan fingerprint density at radius 1 is 0.212 bits per heavy atom. The molecule has 3 heterocycles. The first-order chi connectivity index (χ1) is 32.8. The molecule has 0 radical (unpaired) electrons. The van der Waals surface area contributed by atoms with Crippen molar-refractivity contribution in [3.63, 3.8) is 0 Å². The fraction of sp³-hybridized carbons (Fsp3) is 0. The first-order valence-electron chi connectivity index (χ1n) is 22.8. The van der Waals surface area contributed by atoms with Crippen LogP contribution in [0.3, 0.4) is 0 Å². The summed E-state index contributed by atoms with van der Waals surface area (Å²) in [5, 5.41) is 10.3. The molecule has 0 saturated carbocycles. The molecule has 0 unspecified atom stereocenters. The highest BCUT2D eigenvalue weighted by Crippen LogP contribution is 2.48. The van der Waals surface area contributed by atoms with E-state index in [9.17, 15) is 0 Å². The molecule has 13 rings (SSSR count). The van der Waals surface area contributed by atoms with Gasteiger partial charge in [-0.2, -0.15) is 0 Å². The van der Waals surface area contributed by atoms with Crippen LogP contribution in [0.25, 0.3) is 55.0 Å². The highest BCUT2D eigenvalue weighted by Gasteiger charge is 2.75. The molecular weight excluding hydrogens is 833 g/mol. The van der Waals surface area contributed by atoms with Crippen molar-refractivity contribution in [2.24, 2.45) is 0 Å². The molecule has 10 aromatic carbocycles. The first kappa shape index (κ1) is 38.3. The van der Waals surface area contributed by atoms with Crippen molar-refractivity contribution >= 4 is 92.5 Å². The maximum atomic E-state index is 3.00. The molecule has 6 heteroatoms. The molecule has 0 atom stereocenters. The number of aromatic nitrogens is 2. The van der Waals surface area contributed by atoms with Gasteiger partial charge in [0.1, 0.15) is 0 Å². The van der Waals surface area contributed by atoms with Crippen LogP contribution in [0.5, 0.6) is 0 Å². The second-order valence-corrected chi connectivity index (χ2v) is 24.9. The quantitative estimate of drug-likeness (QED) is 0.141. The van der Waals surface area contributed by atoms with Gasteiger partial charge in [0.2, 0.25) is 0 Å². The Morgan fingerprint density at radius 3 is 0.818 bits per heavy atom. The van der Waals surface area contributed by atoms with Crippen LogP contribution in [0.1, 0.15) is 0 Å². The predicted molar refractivity (Wildman–Crippen MR) is 282 cm³/mol. The lowest BCUT2D eigenvalue weighted by Crippen LogP contribution is -3.07. The third kappa shape index (κ3) is 5.43. The molecule has 0 spiro atoms. The zero-order valence-electron chi connectivity index (χ0n) is 36.2. The molecule has 0 bridgehead atoms. The standard InChI is InChI=1S/C60H44N4Si2/c1-7-23-45(24-8-1)61-57-37-21-19-35-53(57)55-43-47(39-41-59(55)61)63-65(49-27-11-3-12-28-49,50-29-13-4-14-30-50)64(66(63,51-31-15-5-16-32-51)52-33-17-6-18-34-52)48-40-42-60-56(44-48)54-36-20-22-38-58(54)62(60)46-25-9-2-10-26-46/h1-44H. The van der Waals surface area contributed by atoms with Crippen molar-refractivity contribution in [3.8, 4) is 11.4 Å². The van der Waals surface area contributed by atoms with Crippen molar-refractivity contribution in [2.75, 3.05) is 8.46 Å². The number of rotatable bonds is 8. The van der Waals surface area contributed by atoms with Gasteiger partial charge in [0.05, 0.1) is 22.1 Å². The monoisotopic (exact) mass is 876 g/mol. The van der Waals surface area contributed by atoms with E-state index in [-0.39, 0.29) is 0 Å². The fourth-order valence-corrected chi connectivity index (χ4v) is 26.5. The van der Waals surface area contributed by atoms with E-state index in [4.69, 9.17) is 0 Å². The number of benzene rings is 10. The van der Waals surface area contributed by atoms with E-state index in [1.165, 1.54) is 75.7 Å². The van der Waals surface area contributed by atoms with Crippen molar-refractivity contribution in [1.29, 1.82) is 0 Å². The Bertz CT molecular complexity index is 3370. The fourth-order valence-electron chi connectivity index (χ4n) is 11.3. The van der Waals surface area contributed by atoms with E-state index in [0.717, 1.165) is 11.4 Å². The van der Waals surface area contributed by atoms with E-state index in [1.54, 1.807) is 0 Å². The van der Waals surface area contributed by atoms with Crippen LogP contribution in [0, 0.1) is 0 Å².